The fraction of sp³-hybridized carbons (Fsp3) is 0.545. The zero-order valence-corrected chi connectivity index (χ0v) is 11.9. The predicted molar refractivity (Wildman–Crippen MR) is 70.9 cm³/mol. The summed E-state index contributed by atoms with van der Waals surface area (Å²) >= 11 is 4.80. The lowest BCUT2D eigenvalue weighted by atomic mass is 10.3. The van der Waals surface area contributed by atoms with Crippen molar-refractivity contribution in [2.45, 2.75) is 13.3 Å². The van der Waals surface area contributed by atoms with Gasteiger partial charge in [-0.3, -0.25) is 4.79 Å². The maximum Gasteiger partial charge on any atom is 0.264 e. The predicted octanol–water partition coefficient (Wildman–Crippen LogP) is 3.00. The highest BCUT2D eigenvalue weighted by molar-refractivity contribution is 9.09. The van der Waals surface area contributed by atoms with E-state index in [2.05, 4.69) is 15.9 Å². The third-order valence-corrected chi connectivity index (χ3v) is 3.71. The number of nitrogens with zero attached hydrogens (tertiary/aromatic N) is 1. The Morgan fingerprint density at radius 3 is 2.88 bits per heavy atom. The van der Waals surface area contributed by atoms with E-state index in [4.69, 9.17) is 4.74 Å². The zero-order chi connectivity index (χ0) is 12.0. The number of alkyl halides is 1. The summed E-state index contributed by atoms with van der Waals surface area (Å²) in [4.78, 5) is 14.7. The molecule has 0 fully saturated rings. The summed E-state index contributed by atoms with van der Waals surface area (Å²) < 4.78 is 5.07. The number of hydrogen-bond acceptors (Lipinski definition) is 3. The third kappa shape index (κ3) is 3.49. The number of thiophene rings is 1. The Labute approximate surface area is 109 Å². The molecule has 1 rings (SSSR count). The zero-order valence-electron chi connectivity index (χ0n) is 9.53. The molecule has 1 heterocycles. The van der Waals surface area contributed by atoms with Crippen LogP contribution >= 0.6 is 27.3 Å². The Morgan fingerprint density at radius 2 is 2.38 bits per heavy atom. The van der Waals surface area contributed by atoms with E-state index in [1.807, 2.05) is 17.2 Å². The molecule has 0 aliphatic rings. The summed E-state index contributed by atoms with van der Waals surface area (Å²) in [6, 6.07) is 1.80. The van der Waals surface area contributed by atoms with Crippen molar-refractivity contribution in [3.63, 3.8) is 0 Å². The summed E-state index contributed by atoms with van der Waals surface area (Å²) in [6.07, 6.45) is 0.974. The van der Waals surface area contributed by atoms with Gasteiger partial charge in [0.05, 0.1) is 12.0 Å². The first kappa shape index (κ1) is 13.5. The molecule has 0 saturated heterocycles. The Hall–Kier alpha value is -0.550. The minimum absolute atomic E-state index is 0.0942. The number of amides is 1. The first-order valence-corrected chi connectivity index (χ1v) is 7.20. The van der Waals surface area contributed by atoms with E-state index in [1.165, 1.54) is 11.3 Å². The van der Waals surface area contributed by atoms with E-state index in [0.29, 0.717) is 0 Å². The quantitative estimate of drug-likeness (QED) is 0.756. The van der Waals surface area contributed by atoms with Crippen molar-refractivity contribution in [2.24, 2.45) is 0 Å². The maximum atomic E-state index is 12.1. The van der Waals surface area contributed by atoms with Gasteiger partial charge in [0.1, 0.15) is 5.75 Å². The van der Waals surface area contributed by atoms with Crippen molar-refractivity contribution in [3.8, 4) is 5.75 Å². The Bertz CT molecular complexity index is 340. The molecule has 0 radical (unpaired) electrons. The van der Waals surface area contributed by atoms with E-state index in [9.17, 15) is 4.79 Å². The molecular weight excluding hydrogens is 290 g/mol. The minimum Gasteiger partial charge on any atom is -0.496 e. The van der Waals surface area contributed by atoms with Gasteiger partial charge in [-0.05, 0) is 13.3 Å². The molecule has 3 nitrogen and oxygen atoms in total. The minimum atomic E-state index is 0.0942. The Balaban J connectivity index is 2.66. The highest BCUT2D eigenvalue weighted by Crippen LogP contribution is 2.22. The summed E-state index contributed by atoms with van der Waals surface area (Å²) in [6.45, 7) is 3.53. The summed E-state index contributed by atoms with van der Waals surface area (Å²) in [5.74, 6) is 0.849. The van der Waals surface area contributed by atoms with Crippen LogP contribution in [-0.2, 0) is 0 Å². The molecule has 0 aliphatic carbocycles. The summed E-state index contributed by atoms with van der Waals surface area (Å²) in [5, 5.41) is 2.77. The largest absolute Gasteiger partial charge is 0.496 e. The summed E-state index contributed by atoms with van der Waals surface area (Å²) in [7, 11) is 1.61. The lowest BCUT2D eigenvalue weighted by Gasteiger charge is -2.19. The molecule has 0 aromatic carbocycles. The van der Waals surface area contributed by atoms with Crippen LogP contribution in [0.4, 0.5) is 0 Å². The van der Waals surface area contributed by atoms with Gasteiger partial charge in [0, 0.05) is 29.9 Å². The molecule has 0 unspecified atom stereocenters. The second-order valence-corrected chi connectivity index (χ2v) is 4.98. The fourth-order valence-corrected chi connectivity index (χ4v) is 2.42. The molecule has 0 aliphatic heterocycles. The van der Waals surface area contributed by atoms with E-state index in [0.717, 1.165) is 35.5 Å². The van der Waals surface area contributed by atoms with Gasteiger partial charge in [0.25, 0.3) is 5.91 Å². The highest BCUT2D eigenvalue weighted by atomic mass is 79.9. The summed E-state index contributed by atoms with van der Waals surface area (Å²) in [5.41, 5.74) is 0. The molecule has 1 aromatic heterocycles. The standard InChI is InChI=1S/C11H16BrNO2S/c1-3-13(6-4-5-12)11(14)10-7-9(15-2)8-16-10/h7-8H,3-6H2,1-2H3. The van der Waals surface area contributed by atoms with Crippen molar-refractivity contribution in [1.29, 1.82) is 0 Å². The molecular formula is C11H16BrNO2S. The van der Waals surface area contributed by atoms with Crippen LogP contribution in [-0.4, -0.2) is 36.3 Å². The molecule has 1 aromatic rings. The van der Waals surface area contributed by atoms with Crippen LogP contribution in [0.3, 0.4) is 0 Å². The fourth-order valence-electron chi connectivity index (χ4n) is 1.35. The van der Waals surface area contributed by atoms with Gasteiger partial charge in [-0.25, -0.2) is 0 Å². The SMILES string of the molecule is CCN(CCCBr)C(=O)c1cc(OC)cs1. The number of methoxy groups -OCH3 is 1. The lowest BCUT2D eigenvalue weighted by Crippen LogP contribution is -2.31. The van der Waals surface area contributed by atoms with Crippen LogP contribution in [0.25, 0.3) is 0 Å². The molecule has 0 atom stereocenters. The molecule has 0 bridgehead atoms. The van der Waals surface area contributed by atoms with Crippen molar-refractivity contribution in [2.75, 3.05) is 25.5 Å². The van der Waals surface area contributed by atoms with Gasteiger partial charge in [-0.1, -0.05) is 15.9 Å². The number of carbonyl (C=O) groups excluding carboxylic acids is 1. The van der Waals surface area contributed by atoms with Gasteiger partial charge >= 0.3 is 0 Å². The van der Waals surface area contributed by atoms with Crippen LogP contribution in [0.1, 0.15) is 23.0 Å². The number of hydrogen-bond donors (Lipinski definition) is 0. The van der Waals surface area contributed by atoms with Gasteiger partial charge in [0.2, 0.25) is 0 Å². The van der Waals surface area contributed by atoms with E-state index >= 15 is 0 Å². The van der Waals surface area contributed by atoms with Gasteiger partial charge in [-0.15, -0.1) is 11.3 Å². The molecule has 1 amide bonds. The van der Waals surface area contributed by atoms with E-state index < -0.39 is 0 Å². The van der Waals surface area contributed by atoms with Crippen molar-refractivity contribution < 1.29 is 9.53 Å². The number of halogens is 1. The molecule has 0 N–H and O–H groups in total. The highest BCUT2D eigenvalue weighted by Gasteiger charge is 2.15. The second kappa shape index (κ2) is 6.91. The first-order chi connectivity index (χ1) is 7.72. The number of carbonyl (C=O) groups is 1. The van der Waals surface area contributed by atoms with Crippen LogP contribution in [0.5, 0.6) is 5.75 Å². The third-order valence-electron chi connectivity index (χ3n) is 2.25. The smallest absolute Gasteiger partial charge is 0.264 e. The monoisotopic (exact) mass is 305 g/mol. The number of ether oxygens (including phenoxy) is 1. The molecule has 16 heavy (non-hydrogen) atoms. The van der Waals surface area contributed by atoms with Crippen LogP contribution in [0, 0.1) is 0 Å². The van der Waals surface area contributed by atoms with Crippen molar-refractivity contribution in [1.82, 2.24) is 4.90 Å². The van der Waals surface area contributed by atoms with Crippen LogP contribution in [0.2, 0.25) is 0 Å². The average Bonchev–Trinajstić information content (AvgIpc) is 2.78. The Kier molecular flexibility index (Phi) is 5.84. The Morgan fingerprint density at radius 1 is 1.62 bits per heavy atom. The van der Waals surface area contributed by atoms with Crippen molar-refractivity contribution in [3.05, 3.63) is 16.3 Å². The number of rotatable bonds is 6. The normalized spacial score (nSPS) is 10.2. The topological polar surface area (TPSA) is 29.5 Å². The van der Waals surface area contributed by atoms with E-state index in [1.54, 1.807) is 13.2 Å². The van der Waals surface area contributed by atoms with Crippen LogP contribution in [0.15, 0.2) is 11.4 Å². The molecule has 0 saturated carbocycles. The first-order valence-electron chi connectivity index (χ1n) is 5.20. The van der Waals surface area contributed by atoms with Crippen molar-refractivity contribution >= 4 is 33.2 Å². The van der Waals surface area contributed by atoms with Crippen LogP contribution < -0.4 is 4.74 Å². The molecule has 5 heteroatoms. The maximum absolute atomic E-state index is 12.1. The van der Waals surface area contributed by atoms with Gasteiger partial charge in [0.15, 0.2) is 0 Å². The molecule has 90 valence electrons. The molecule has 0 spiro atoms. The van der Waals surface area contributed by atoms with Gasteiger partial charge in [-0.2, -0.15) is 0 Å². The lowest BCUT2D eigenvalue weighted by molar-refractivity contribution is 0.0769. The second-order valence-electron chi connectivity index (χ2n) is 3.28. The van der Waals surface area contributed by atoms with Gasteiger partial charge < -0.3 is 9.64 Å². The average molecular weight is 306 g/mol. The van der Waals surface area contributed by atoms with E-state index in [-0.39, 0.29) is 5.91 Å².